The van der Waals surface area contributed by atoms with Gasteiger partial charge in [-0.25, -0.2) is 0 Å². The highest BCUT2D eigenvalue weighted by Gasteiger charge is 2.42. The zero-order valence-electron chi connectivity index (χ0n) is 16.0. The number of fused-ring (bicyclic) bond motifs is 1. The van der Waals surface area contributed by atoms with Gasteiger partial charge in [0.05, 0.1) is 19.8 Å². The normalized spacial score (nSPS) is 14.0. The third-order valence-electron chi connectivity index (χ3n) is 4.95. The van der Waals surface area contributed by atoms with Crippen molar-refractivity contribution in [1.82, 2.24) is 4.90 Å². The van der Waals surface area contributed by atoms with Crippen LogP contribution >= 0.6 is 0 Å². The number of alkyl halides is 3. The minimum atomic E-state index is -4.90. The SMILES string of the molecule is COc1ccc(C(=O)c2cc3c(cc2OC)CCN(C(=O)C(F)(F)F)CC3)cc1. The van der Waals surface area contributed by atoms with Crippen molar-refractivity contribution in [3.05, 3.63) is 58.7 Å². The molecule has 2 aromatic rings. The van der Waals surface area contributed by atoms with E-state index in [4.69, 9.17) is 9.47 Å². The summed E-state index contributed by atoms with van der Waals surface area (Å²) in [5.41, 5.74) is 2.27. The molecule has 0 aliphatic carbocycles. The first-order valence-corrected chi connectivity index (χ1v) is 8.99. The molecule has 29 heavy (non-hydrogen) atoms. The molecule has 0 saturated heterocycles. The number of methoxy groups -OCH3 is 2. The van der Waals surface area contributed by atoms with Crippen molar-refractivity contribution in [3.8, 4) is 11.5 Å². The number of hydrogen-bond donors (Lipinski definition) is 0. The van der Waals surface area contributed by atoms with Crippen LogP contribution in [-0.4, -0.2) is 50.1 Å². The Morgan fingerprint density at radius 1 is 0.931 bits per heavy atom. The fourth-order valence-electron chi connectivity index (χ4n) is 3.38. The molecule has 0 unspecified atom stereocenters. The Bertz CT molecular complexity index is 923. The van der Waals surface area contributed by atoms with Crippen LogP contribution in [-0.2, 0) is 17.6 Å². The summed E-state index contributed by atoms with van der Waals surface area (Å²) in [6.45, 7) is -0.103. The minimum absolute atomic E-state index is 0.0414. The molecular formula is C21H20F3NO4. The first-order chi connectivity index (χ1) is 13.7. The molecule has 0 saturated carbocycles. The lowest BCUT2D eigenvalue weighted by atomic mass is 9.95. The highest BCUT2D eigenvalue weighted by molar-refractivity contribution is 6.11. The van der Waals surface area contributed by atoms with Gasteiger partial charge in [-0.2, -0.15) is 13.2 Å². The van der Waals surface area contributed by atoms with Crippen molar-refractivity contribution in [2.24, 2.45) is 0 Å². The molecular weight excluding hydrogens is 387 g/mol. The lowest BCUT2D eigenvalue weighted by molar-refractivity contribution is -0.185. The van der Waals surface area contributed by atoms with Crippen molar-refractivity contribution >= 4 is 11.7 Å². The molecule has 3 rings (SSSR count). The molecule has 1 aliphatic heterocycles. The molecule has 0 radical (unpaired) electrons. The summed E-state index contributed by atoms with van der Waals surface area (Å²) in [6.07, 6.45) is -4.42. The van der Waals surface area contributed by atoms with Gasteiger partial charge in [0.15, 0.2) is 5.78 Å². The average molecular weight is 407 g/mol. The van der Waals surface area contributed by atoms with Gasteiger partial charge < -0.3 is 14.4 Å². The van der Waals surface area contributed by atoms with Gasteiger partial charge in [-0.05, 0) is 60.4 Å². The Kier molecular flexibility index (Phi) is 5.81. The van der Waals surface area contributed by atoms with Crippen molar-refractivity contribution in [2.75, 3.05) is 27.3 Å². The van der Waals surface area contributed by atoms with E-state index in [1.165, 1.54) is 14.2 Å². The Morgan fingerprint density at radius 3 is 2.03 bits per heavy atom. The van der Waals surface area contributed by atoms with Crippen LogP contribution < -0.4 is 9.47 Å². The molecule has 0 spiro atoms. The monoisotopic (exact) mass is 407 g/mol. The number of benzene rings is 2. The van der Waals surface area contributed by atoms with Gasteiger partial charge in [0.1, 0.15) is 11.5 Å². The van der Waals surface area contributed by atoms with E-state index in [1.807, 2.05) is 0 Å². The number of halogens is 3. The topological polar surface area (TPSA) is 55.8 Å². The van der Waals surface area contributed by atoms with E-state index in [1.54, 1.807) is 36.4 Å². The Labute approximate surface area is 166 Å². The summed E-state index contributed by atoms with van der Waals surface area (Å²) in [7, 11) is 2.96. The third-order valence-corrected chi connectivity index (χ3v) is 4.95. The number of hydrogen-bond acceptors (Lipinski definition) is 4. The predicted octanol–water partition coefficient (Wildman–Crippen LogP) is 3.42. The summed E-state index contributed by atoms with van der Waals surface area (Å²) < 4.78 is 48.7. The zero-order valence-corrected chi connectivity index (χ0v) is 16.0. The lowest BCUT2D eigenvalue weighted by Crippen LogP contribution is -2.42. The number of carbonyl (C=O) groups is 2. The Hall–Kier alpha value is -3.03. The van der Waals surface area contributed by atoms with Crippen LogP contribution in [0.1, 0.15) is 27.0 Å². The van der Waals surface area contributed by atoms with Gasteiger partial charge in [-0.15, -0.1) is 0 Å². The highest BCUT2D eigenvalue weighted by Crippen LogP contribution is 2.30. The molecule has 1 amide bonds. The summed E-state index contributed by atoms with van der Waals surface area (Å²) in [6, 6.07) is 9.94. The van der Waals surface area contributed by atoms with E-state index in [0.29, 0.717) is 22.6 Å². The molecule has 5 nitrogen and oxygen atoms in total. The smallest absolute Gasteiger partial charge is 0.471 e. The molecule has 0 N–H and O–H groups in total. The number of nitrogens with zero attached hydrogens (tertiary/aromatic N) is 1. The molecule has 0 atom stereocenters. The Morgan fingerprint density at radius 2 is 1.52 bits per heavy atom. The van der Waals surface area contributed by atoms with Gasteiger partial charge in [-0.1, -0.05) is 0 Å². The first-order valence-electron chi connectivity index (χ1n) is 8.99. The van der Waals surface area contributed by atoms with Gasteiger partial charge in [-0.3, -0.25) is 9.59 Å². The second kappa shape index (κ2) is 8.14. The Balaban J connectivity index is 1.90. The molecule has 0 aromatic heterocycles. The maximum Gasteiger partial charge on any atom is 0.471 e. The molecule has 154 valence electrons. The quantitative estimate of drug-likeness (QED) is 0.729. The predicted molar refractivity (Wildman–Crippen MR) is 99.5 cm³/mol. The van der Waals surface area contributed by atoms with Crippen molar-refractivity contribution < 1.29 is 32.2 Å². The van der Waals surface area contributed by atoms with Crippen LogP contribution in [0.4, 0.5) is 13.2 Å². The largest absolute Gasteiger partial charge is 0.497 e. The van der Waals surface area contributed by atoms with E-state index < -0.39 is 12.1 Å². The highest BCUT2D eigenvalue weighted by atomic mass is 19.4. The van der Waals surface area contributed by atoms with Gasteiger partial charge in [0.2, 0.25) is 0 Å². The van der Waals surface area contributed by atoms with E-state index in [0.717, 1.165) is 16.0 Å². The average Bonchev–Trinajstić information content (AvgIpc) is 2.93. The lowest BCUT2D eigenvalue weighted by Gasteiger charge is -2.21. The van der Waals surface area contributed by atoms with Crippen LogP contribution in [0.3, 0.4) is 0 Å². The second-order valence-electron chi connectivity index (χ2n) is 6.67. The summed E-state index contributed by atoms with van der Waals surface area (Å²) in [5, 5.41) is 0. The standard InChI is InChI=1S/C21H20F3NO4/c1-28-16-5-3-13(4-6-16)19(26)17-11-14-7-9-25(20(27)21(22,23)24)10-8-15(14)12-18(17)29-2/h3-6,11-12H,7-10H2,1-2H3. The second-order valence-corrected chi connectivity index (χ2v) is 6.67. The summed E-state index contributed by atoms with van der Waals surface area (Å²) >= 11 is 0. The van der Waals surface area contributed by atoms with Gasteiger partial charge in [0, 0.05) is 18.7 Å². The maximum atomic E-state index is 13.0. The minimum Gasteiger partial charge on any atom is -0.497 e. The molecule has 2 aromatic carbocycles. The number of carbonyl (C=O) groups excluding carboxylic acids is 2. The molecule has 0 fully saturated rings. The third kappa shape index (κ3) is 4.36. The number of rotatable bonds is 4. The first kappa shape index (κ1) is 20.7. The summed E-state index contributed by atoms with van der Waals surface area (Å²) in [5.74, 6) is -1.14. The fourth-order valence-corrected chi connectivity index (χ4v) is 3.38. The molecule has 1 heterocycles. The van der Waals surface area contributed by atoms with Crippen LogP contribution in [0.5, 0.6) is 11.5 Å². The number of amides is 1. The molecule has 0 bridgehead atoms. The van der Waals surface area contributed by atoms with Crippen LogP contribution in [0.25, 0.3) is 0 Å². The van der Waals surface area contributed by atoms with E-state index in [9.17, 15) is 22.8 Å². The van der Waals surface area contributed by atoms with E-state index in [2.05, 4.69) is 0 Å². The van der Waals surface area contributed by atoms with E-state index >= 15 is 0 Å². The maximum absolute atomic E-state index is 13.0. The van der Waals surface area contributed by atoms with Gasteiger partial charge >= 0.3 is 12.1 Å². The van der Waals surface area contributed by atoms with Crippen LogP contribution in [0, 0.1) is 0 Å². The van der Waals surface area contributed by atoms with Crippen molar-refractivity contribution in [1.29, 1.82) is 0 Å². The summed E-state index contributed by atoms with van der Waals surface area (Å²) in [4.78, 5) is 25.3. The number of ketones is 1. The van der Waals surface area contributed by atoms with Crippen molar-refractivity contribution in [2.45, 2.75) is 19.0 Å². The molecule has 8 heteroatoms. The van der Waals surface area contributed by atoms with Gasteiger partial charge in [0.25, 0.3) is 0 Å². The fraction of sp³-hybridized carbons (Fsp3) is 0.333. The molecule has 1 aliphatic rings. The number of ether oxygens (including phenoxy) is 2. The van der Waals surface area contributed by atoms with Crippen molar-refractivity contribution in [3.63, 3.8) is 0 Å². The van der Waals surface area contributed by atoms with Crippen LogP contribution in [0.2, 0.25) is 0 Å². The van der Waals surface area contributed by atoms with Crippen LogP contribution in [0.15, 0.2) is 36.4 Å². The zero-order chi connectivity index (χ0) is 21.2. The van der Waals surface area contributed by atoms with E-state index in [-0.39, 0.29) is 31.7 Å².